The number of pyridine rings is 1. The number of nitrogens with two attached hydrogens (primary N) is 1. The fourth-order valence-corrected chi connectivity index (χ4v) is 1.87. The number of aromatic nitrogens is 1. The fourth-order valence-electron chi connectivity index (χ4n) is 0.857. The zero-order chi connectivity index (χ0) is 11.9. The molecule has 1 aromatic rings. The molecule has 0 aliphatic heterocycles. The summed E-state index contributed by atoms with van der Waals surface area (Å²) >= 11 is 2.76. The summed E-state index contributed by atoms with van der Waals surface area (Å²) in [6.45, 7) is 0. The van der Waals surface area contributed by atoms with Gasteiger partial charge in [0.15, 0.2) is 5.03 Å². The molecule has 0 aliphatic rings. The van der Waals surface area contributed by atoms with E-state index in [1.54, 1.807) is 0 Å². The molecule has 2 N–H and O–H groups in total. The van der Waals surface area contributed by atoms with Crippen molar-refractivity contribution in [2.24, 2.45) is 5.14 Å². The molecule has 0 saturated carbocycles. The van der Waals surface area contributed by atoms with Crippen LogP contribution in [0.2, 0.25) is 0 Å². The first-order chi connectivity index (χ1) is 6.62. The lowest BCUT2D eigenvalue weighted by Crippen LogP contribution is -2.20. The summed E-state index contributed by atoms with van der Waals surface area (Å²) in [5.41, 5.74) is -1.39. The van der Waals surface area contributed by atoms with E-state index in [2.05, 4.69) is 26.1 Å². The van der Waals surface area contributed by atoms with Crippen LogP contribution in [0.5, 0.6) is 0 Å². The number of alkyl halides is 3. The van der Waals surface area contributed by atoms with Gasteiger partial charge in [0.25, 0.3) is 10.0 Å². The minimum absolute atomic E-state index is 0.0159. The third-order valence-corrected chi connectivity index (χ3v) is 2.69. The van der Waals surface area contributed by atoms with Crippen LogP contribution in [0, 0.1) is 0 Å². The average molecular weight is 305 g/mol. The van der Waals surface area contributed by atoms with Crippen molar-refractivity contribution in [2.75, 3.05) is 0 Å². The SMILES string of the molecule is NS(=O)(=O)c1ncc(Br)cc1C(F)(F)F. The van der Waals surface area contributed by atoms with E-state index in [1.807, 2.05) is 0 Å². The summed E-state index contributed by atoms with van der Waals surface area (Å²) < 4.78 is 58.8. The summed E-state index contributed by atoms with van der Waals surface area (Å²) in [7, 11) is -4.49. The standard InChI is InChI=1S/C6H4BrF3N2O2S/c7-3-1-4(6(8,9)10)5(12-2-3)15(11,13)14/h1-2H,(H2,11,13,14). The number of primary sulfonamides is 1. The van der Waals surface area contributed by atoms with Crippen LogP contribution in [0.1, 0.15) is 5.56 Å². The van der Waals surface area contributed by atoms with Crippen molar-refractivity contribution in [3.63, 3.8) is 0 Å². The molecule has 0 saturated heterocycles. The van der Waals surface area contributed by atoms with E-state index in [0.717, 1.165) is 6.20 Å². The van der Waals surface area contributed by atoms with Gasteiger partial charge in [-0.1, -0.05) is 0 Å². The maximum atomic E-state index is 12.4. The molecule has 4 nitrogen and oxygen atoms in total. The van der Waals surface area contributed by atoms with Crippen LogP contribution in [0.15, 0.2) is 21.8 Å². The molecular formula is C6H4BrF3N2O2S. The first-order valence-electron chi connectivity index (χ1n) is 3.38. The lowest BCUT2D eigenvalue weighted by Gasteiger charge is -2.10. The third kappa shape index (κ3) is 2.89. The Morgan fingerprint density at radius 3 is 2.33 bits per heavy atom. The molecule has 15 heavy (non-hydrogen) atoms. The minimum atomic E-state index is -4.82. The molecule has 1 heterocycles. The van der Waals surface area contributed by atoms with Crippen LogP contribution in [0.3, 0.4) is 0 Å². The highest BCUT2D eigenvalue weighted by atomic mass is 79.9. The molecule has 0 atom stereocenters. The van der Waals surface area contributed by atoms with Crippen LogP contribution < -0.4 is 5.14 Å². The van der Waals surface area contributed by atoms with Gasteiger partial charge in [-0.3, -0.25) is 0 Å². The Balaban J connectivity index is 3.55. The van der Waals surface area contributed by atoms with Gasteiger partial charge in [0.2, 0.25) is 0 Å². The lowest BCUT2D eigenvalue weighted by molar-refractivity contribution is -0.140. The smallest absolute Gasteiger partial charge is 0.242 e. The molecule has 0 radical (unpaired) electrons. The number of hydrogen-bond donors (Lipinski definition) is 1. The van der Waals surface area contributed by atoms with Gasteiger partial charge in [0, 0.05) is 10.7 Å². The quantitative estimate of drug-likeness (QED) is 0.854. The van der Waals surface area contributed by atoms with E-state index in [4.69, 9.17) is 0 Å². The largest absolute Gasteiger partial charge is 0.419 e. The predicted octanol–water partition coefficient (Wildman–Crippen LogP) is 1.51. The minimum Gasteiger partial charge on any atom is -0.242 e. The molecule has 0 spiro atoms. The van der Waals surface area contributed by atoms with Crippen molar-refractivity contribution in [2.45, 2.75) is 11.2 Å². The molecule has 1 aromatic heterocycles. The van der Waals surface area contributed by atoms with Crippen molar-refractivity contribution in [1.29, 1.82) is 0 Å². The fraction of sp³-hybridized carbons (Fsp3) is 0.167. The lowest BCUT2D eigenvalue weighted by atomic mass is 10.3. The zero-order valence-corrected chi connectivity index (χ0v) is 9.32. The van der Waals surface area contributed by atoms with Gasteiger partial charge in [0.05, 0.1) is 5.56 Å². The summed E-state index contributed by atoms with van der Waals surface area (Å²) in [5, 5.41) is 3.42. The molecule has 0 aromatic carbocycles. The second kappa shape index (κ2) is 3.72. The van der Waals surface area contributed by atoms with Gasteiger partial charge >= 0.3 is 6.18 Å². The van der Waals surface area contributed by atoms with Gasteiger partial charge in [0.1, 0.15) is 0 Å². The molecule has 0 aliphatic carbocycles. The number of hydrogen-bond acceptors (Lipinski definition) is 3. The van der Waals surface area contributed by atoms with Crippen LogP contribution in [0.4, 0.5) is 13.2 Å². The molecule has 0 bridgehead atoms. The Morgan fingerprint density at radius 2 is 1.93 bits per heavy atom. The van der Waals surface area contributed by atoms with Gasteiger partial charge in [-0.2, -0.15) is 13.2 Å². The molecule has 0 unspecified atom stereocenters. The van der Waals surface area contributed by atoms with Gasteiger partial charge in [-0.15, -0.1) is 0 Å². The second-order valence-electron chi connectivity index (χ2n) is 2.55. The normalized spacial score (nSPS) is 12.9. The van der Waals surface area contributed by atoms with E-state index < -0.39 is 26.8 Å². The maximum Gasteiger partial charge on any atom is 0.419 e. The molecule has 9 heteroatoms. The predicted molar refractivity (Wildman–Crippen MR) is 48.3 cm³/mol. The third-order valence-electron chi connectivity index (χ3n) is 1.39. The van der Waals surface area contributed by atoms with Crippen LogP contribution in [-0.4, -0.2) is 13.4 Å². The topological polar surface area (TPSA) is 73.1 Å². The molecular weight excluding hydrogens is 301 g/mol. The van der Waals surface area contributed by atoms with Crippen molar-refractivity contribution in [3.8, 4) is 0 Å². The Hall–Kier alpha value is -0.670. The van der Waals surface area contributed by atoms with E-state index >= 15 is 0 Å². The van der Waals surface area contributed by atoms with Crippen LogP contribution >= 0.6 is 15.9 Å². The van der Waals surface area contributed by atoms with Crippen LogP contribution in [0.25, 0.3) is 0 Å². The van der Waals surface area contributed by atoms with E-state index in [0.29, 0.717) is 6.07 Å². The first kappa shape index (κ1) is 12.4. The highest BCUT2D eigenvalue weighted by molar-refractivity contribution is 9.10. The van der Waals surface area contributed by atoms with E-state index in [-0.39, 0.29) is 4.47 Å². The zero-order valence-electron chi connectivity index (χ0n) is 6.92. The number of nitrogens with zero attached hydrogens (tertiary/aromatic N) is 1. The highest BCUT2D eigenvalue weighted by Gasteiger charge is 2.37. The first-order valence-corrected chi connectivity index (χ1v) is 5.72. The molecule has 0 fully saturated rings. The highest BCUT2D eigenvalue weighted by Crippen LogP contribution is 2.34. The second-order valence-corrected chi connectivity index (χ2v) is 4.94. The Morgan fingerprint density at radius 1 is 1.40 bits per heavy atom. The summed E-state index contributed by atoms with van der Waals surface area (Å²) in [4.78, 5) is 3.14. The number of halogens is 4. The van der Waals surface area contributed by atoms with E-state index in [9.17, 15) is 21.6 Å². The average Bonchev–Trinajstić information content (AvgIpc) is 2.00. The monoisotopic (exact) mass is 304 g/mol. The van der Waals surface area contributed by atoms with Crippen molar-refractivity contribution < 1.29 is 21.6 Å². The maximum absolute atomic E-state index is 12.4. The van der Waals surface area contributed by atoms with E-state index in [1.165, 1.54) is 0 Å². The van der Waals surface area contributed by atoms with Crippen molar-refractivity contribution in [3.05, 3.63) is 22.3 Å². The van der Waals surface area contributed by atoms with Gasteiger partial charge in [-0.25, -0.2) is 18.5 Å². The van der Waals surface area contributed by atoms with Crippen LogP contribution in [-0.2, 0) is 16.2 Å². The number of sulfonamides is 1. The number of rotatable bonds is 1. The van der Waals surface area contributed by atoms with Crippen molar-refractivity contribution >= 4 is 26.0 Å². The van der Waals surface area contributed by atoms with Gasteiger partial charge in [-0.05, 0) is 22.0 Å². The molecule has 0 amide bonds. The summed E-state index contributed by atoms with van der Waals surface area (Å²) in [5.74, 6) is 0. The molecule has 1 rings (SSSR count). The summed E-state index contributed by atoms with van der Waals surface area (Å²) in [6.07, 6.45) is -3.90. The van der Waals surface area contributed by atoms with Crippen molar-refractivity contribution in [1.82, 2.24) is 4.98 Å². The Bertz CT molecular complexity index is 486. The van der Waals surface area contributed by atoms with Gasteiger partial charge < -0.3 is 0 Å². The molecule has 84 valence electrons. The Labute approximate surface area is 91.5 Å². The Kier molecular flexibility index (Phi) is 3.08. The summed E-state index contributed by atoms with van der Waals surface area (Å²) in [6, 6.07) is 0.604.